The van der Waals surface area contributed by atoms with Gasteiger partial charge in [-0.3, -0.25) is 4.79 Å². The van der Waals surface area contributed by atoms with Gasteiger partial charge in [0.2, 0.25) is 0 Å². The van der Waals surface area contributed by atoms with Crippen LogP contribution in [0.4, 0.5) is 0 Å². The van der Waals surface area contributed by atoms with Gasteiger partial charge in [-0.2, -0.15) is 0 Å². The number of hydrogen-bond donors (Lipinski definition) is 0. The second-order valence-electron chi connectivity index (χ2n) is 4.67. The summed E-state index contributed by atoms with van der Waals surface area (Å²) in [6, 6.07) is 7.52. The summed E-state index contributed by atoms with van der Waals surface area (Å²) in [5.74, 6) is -0.0656. The van der Waals surface area contributed by atoms with Crippen molar-refractivity contribution in [2.24, 2.45) is 0 Å². The summed E-state index contributed by atoms with van der Waals surface area (Å²) in [5.41, 5.74) is 3.39. The van der Waals surface area contributed by atoms with Crippen LogP contribution in [-0.4, -0.2) is 15.7 Å². The molecule has 0 spiro atoms. The zero-order chi connectivity index (χ0) is 15.0. The predicted octanol–water partition coefficient (Wildman–Crippen LogP) is 5.32. The summed E-state index contributed by atoms with van der Waals surface area (Å²) in [7, 11) is 0. The summed E-state index contributed by atoms with van der Waals surface area (Å²) in [6.45, 7) is 5.55. The Balaban J connectivity index is 2.65. The first kappa shape index (κ1) is 15.6. The van der Waals surface area contributed by atoms with E-state index in [1.807, 2.05) is 42.7 Å². The zero-order valence-corrected chi connectivity index (χ0v) is 14.5. The highest BCUT2D eigenvalue weighted by Gasteiger charge is 2.21. The third-order valence-corrected chi connectivity index (χ3v) is 4.80. The van der Waals surface area contributed by atoms with Crippen LogP contribution in [0.1, 0.15) is 28.7 Å². The van der Waals surface area contributed by atoms with E-state index in [1.54, 1.807) is 6.92 Å². The van der Waals surface area contributed by atoms with Crippen LogP contribution in [0.25, 0.3) is 5.69 Å². The molecule has 20 heavy (non-hydrogen) atoms. The first-order chi connectivity index (χ1) is 9.34. The zero-order valence-electron chi connectivity index (χ0n) is 11.4. The SMILES string of the molecule is Cc1cc(C(=O)C(C)Cl)c(C)n1-c1cccc(Cl)c1Br. The fraction of sp³-hybridized carbons (Fsp3) is 0.267. The maximum absolute atomic E-state index is 12.1. The van der Waals surface area contributed by atoms with Crippen LogP contribution in [0.15, 0.2) is 28.7 Å². The Bertz CT molecular complexity index is 677. The van der Waals surface area contributed by atoms with E-state index in [2.05, 4.69) is 15.9 Å². The van der Waals surface area contributed by atoms with Crippen molar-refractivity contribution in [1.82, 2.24) is 4.57 Å². The smallest absolute Gasteiger partial charge is 0.182 e. The molecule has 0 aliphatic rings. The van der Waals surface area contributed by atoms with E-state index in [-0.39, 0.29) is 5.78 Å². The minimum atomic E-state index is -0.535. The number of Topliss-reactive ketones (excluding diaryl/α,β-unsaturated/α-hetero) is 1. The maximum Gasteiger partial charge on any atom is 0.182 e. The second kappa shape index (κ2) is 5.92. The molecule has 0 saturated heterocycles. The van der Waals surface area contributed by atoms with Gasteiger partial charge >= 0.3 is 0 Å². The maximum atomic E-state index is 12.1. The molecule has 0 aliphatic heterocycles. The van der Waals surface area contributed by atoms with Crippen LogP contribution >= 0.6 is 39.1 Å². The van der Waals surface area contributed by atoms with E-state index >= 15 is 0 Å². The van der Waals surface area contributed by atoms with E-state index in [9.17, 15) is 4.79 Å². The number of carbonyl (C=O) groups excluding carboxylic acids is 1. The Morgan fingerprint density at radius 1 is 1.35 bits per heavy atom. The molecule has 2 nitrogen and oxygen atoms in total. The Hall–Kier alpha value is -0.770. The number of carbonyl (C=O) groups is 1. The molecule has 0 amide bonds. The van der Waals surface area contributed by atoms with Crippen molar-refractivity contribution in [1.29, 1.82) is 0 Å². The number of aromatic nitrogens is 1. The lowest BCUT2D eigenvalue weighted by atomic mass is 10.1. The summed E-state index contributed by atoms with van der Waals surface area (Å²) in [6.07, 6.45) is 0. The third kappa shape index (κ3) is 2.67. The van der Waals surface area contributed by atoms with Gasteiger partial charge in [0.15, 0.2) is 5.78 Å². The molecule has 1 aromatic carbocycles. The number of aryl methyl sites for hydroxylation is 1. The van der Waals surface area contributed by atoms with Crippen LogP contribution in [-0.2, 0) is 0 Å². The van der Waals surface area contributed by atoms with Gasteiger partial charge in [-0.25, -0.2) is 0 Å². The molecule has 1 aromatic heterocycles. The Morgan fingerprint density at radius 2 is 2.00 bits per heavy atom. The van der Waals surface area contributed by atoms with Gasteiger partial charge < -0.3 is 4.57 Å². The van der Waals surface area contributed by atoms with Crippen LogP contribution in [0, 0.1) is 13.8 Å². The number of rotatable bonds is 3. The van der Waals surface area contributed by atoms with Gasteiger partial charge in [-0.15, -0.1) is 11.6 Å². The molecule has 2 rings (SSSR count). The van der Waals surface area contributed by atoms with Gasteiger partial charge in [0.25, 0.3) is 0 Å². The van der Waals surface area contributed by atoms with Crippen LogP contribution in [0.5, 0.6) is 0 Å². The van der Waals surface area contributed by atoms with Crippen LogP contribution in [0.2, 0.25) is 5.02 Å². The minimum absolute atomic E-state index is 0.0656. The Labute approximate surface area is 136 Å². The third-order valence-electron chi connectivity index (χ3n) is 3.23. The van der Waals surface area contributed by atoms with Gasteiger partial charge in [-0.1, -0.05) is 17.7 Å². The highest BCUT2D eigenvalue weighted by molar-refractivity contribution is 9.10. The molecule has 0 bridgehead atoms. The summed E-state index contributed by atoms with van der Waals surface area (Å²) >= 11 is 15.5. The van der Waals surface area contributed by atoms with E-state index in [0.29, 0.717) is 10.6 Å². The number of ketones is 1. The molecular weight excluding hydrogens is 361 g/mol. The van der Waals surface area contributed by atoms with Crippen molar-refractivity contribution in [2.45, 2.75) is 26.1 Å². The number of halogens is 3. The number of alkyl halides is 1. The molecule has 0 radical (unpaired) electrons. The van der Waals surface area contributed by atoms with Crippen LogP contribution < -0.4 is 0 Å². The lowest BCUT2D eigenvalue weighted by molar-refractivity contribution is 0.0991. The Morgan fingerprint density at radius 3 is 2.60 bits per heavy atom. The molecule has 1 unspecified atom stereocenters. The molecule has 0 aliphatic carbocycles. The van der Waals surface area contributed by atoms with Crippen molar-refractivity contribution in [3.63, 3.8) is 0 Å². The van der Waals surface area contributed by atoms with E-state index < -0.39 is 5.38 Å². The second-order valence-corrected chi connectivity index (χ2v) is 6.53. The predicted molar refractivity (Wildman–Crippen MR) is 87.6 cm³/mol. The standard InChI is InChI=1S/C15H14BrCl2NO/c1-8-7-11(15(20)9(2)17)10(3)19(8)13-6-4-5-12(18)14(13)16/h4-7,9H,1-3H3. The first-order valence-corrected chi connectivity index (χ1v) is 7.77. The van der Waals surface area contributed by atoms with Crippen molar-refractivity contribution < 1.29 is 4.79 Å². The fourth-order valence-electron chi connectivity index (χ4n) is 2.26. The monoisotopic (exact) mass is 373 g/mol. The van der Waals surface area contributed by atoms with Gasteiger partial charge in [0, 0.05) is 17.0 Å². The molecule has 106 valence electrons. The topological polar surface area (TPSA) is 22.0 Å². The summed E-state index contributed by atoms with van der Waals surface area (Å²) < 4.78 is 2.81. The van der Waals surface area contributed by atoms with E-state index in [4.69, 9.17) is 23.2 Å². The Kier molecular flexibility index (Phi) is 4.62. The van der Waals surface area contributed by atoms with Gasteiger partial charge in [0.1, 0.15) is 0 Å². The molecule has 2 aromatic rings. The summed E-state index contributed by atoms with van der Waals surface area (Å²) in [5, 5.41) is 0.0975. The van der Waals surface area contributed by atoms with Crippen molar-refractivity contribution in [2.75, 3.05) is 0 Å². The minimum Gasteiger partial charge on any atom is -0.317 e. The van der Waals surface area contributed by atoms with Crippen molar-refractivity contribution in [3.8, 4) is 5.69 Å². The molecule has 0 saturated carbocycles. The highest BCUT2D eigenvalue weighted by atomic mass is 79.9. The molecule has 5 heteroatoms. The quantitative estimate of drug-likeness (QED) is 0.526. The first-order valence-electron chi connectivity index (χ1n) is 6.16. The average Bonchev–Trinajstić information content (AvgIpc) is 2.68. The average molecular weight is 375 g/mol. The summed E-state index contributed by atoms with van der Waals surface area (Å²) in [4.78, 5) is 12.1. The normalized spacial score (nSPS) is 12.5. The van der Waals surface area contributed by atoms with E-state index in [1.165, 1.54) is 0 Å². The lowest BCUT2D eigenvalue weighted by Crippen LogP contribution is -2.11. The van der Waals surface area contributed by atoms with Gasteiger partial charge in [-0.05, 0) is 54.9 Å². The van der Waals surface area contributed by atoms with E-state index in [0.717, 1.165) is 21.5 Å². The van der Waals surface area contributed by atoms with Crippen LogP contribution in [0.3, 0.4) is 0 Å². The molecule has 0 fully saturated rings. The largest absolute Gasteiger partial charge is 0.317 e. The molecular formula is C15H14BrCl2NO. The van der Waals surface area contributed by atoms with Crippen molar-refractivity contribution >= 4 is 44.9 Å². The van der Waals surface area contributed by atoms with Gasteiger partial charge in [0.05, 0.1) is 20.6 Å². The number of nitrogens with zero attached hydrogens (tertiary/aromatic N) is 1. The lowest BCUT2D eigenvalue weighted by Gasteiger charge is -2.13. The number of benzene rings is 1. The molecule has 1 atom stereocenters. The highest BCUT2D eigenvalue weighted by Crippen LogP contribution is 2.32. The molecule has 1 heterocycles. The fourth-order valence-corrected chi connectivity index (χ4v) is 2.99. The number of hydrogen-bond acceptors (Lipinski definition) is 1. The van der Waals surface area contributed by atoms with Crippen molar-refractivity contribution in [3.05, 3.63) is 50.7 Å². The molecule has 0 N–H and O–H groups in total.